The van der Waals surface area contributed by atoms with Crippen LogP contribution in [0.25, 0.3) is 0 Å². The summed E-state index contributed by atoms with van der Waals surface area (Å²) in [6, 6.07) is 25.4. The van der Waals surface area contributed by atoms with Crippen molar-refractivity contribution in [3.63, 3.8) is 0 Å². The monoisotopic (exact) mass is 370 g/mol. The molecule has 0 bridgehead atoms. The van der Waals surface area contributed by atoms with Gasteiger partial charge in [0.2, 0.25) is 0 Å². The standard InChI is InChI=1S/C20H19O5P/c1-22-26(21,24-19-10-6-3-7-11-19)25-20-14-12-18(13-15-20)23-16-17-8-4-2-5-9-17/h2-15H,16H2,1H3. The number of phosphoric ester groups is 1. The van der Waals surface area contributed by atoms with Crippen LogP contribution < -0.4 is 13.8 Å². The third kappa shape index (κ3) is 5.12. The SMILES string of the molecule is COP(=O)(Oc1ccccc1)Oc1ccc(OCc2ccccc2)cc1. The molecule has 1 unspecified atom stereocenters. The molecule has 5 nitrogen and oxygen atoms in total. The molecule has 3 aromatic carbocycles. The molecule has 26 heavy (non-hydrogen) atoms. The molecule has 0 spiro atoms. The lowest BCUT2D eigenvalue weighted by Gasteiger charge is -2.17. The molecule has 0 aliphatic carbocycles. The van der Waals surface area contributed by atoms with Gasteiger partial charge in [0.1, 0.15) is 23.9 Å². The summed E-state index contributed by atoms with van der Waals surface area (Å²) in [5.41, 5.74) is 1.08. The number of benzene rings is 3. The van der Waals surface area contributed by atoms with Gasteiger partial charge in [-0.25, -0.2) is 4.57 Å². The Balaban J connectivity index is 1.61. The molecule has 0 heterocycles. The van der Waals surface area contributed by atoms with Crippen LogP contribution in [0.2, 0.25) is 0 Å². The van der Waals surface area contributed by atoms with Gasteiger partial charge in [-0.3, -0.25) is 4.52 Å². The average molecular weight is 370 g/mol. The van der Waals surface area contributed by atoms with E-state index in [1.807, 2.05) is 36.4 Å². The van der Waals surface area contributed by atoms with Gasteiger partial charge >= 0.3 is 7.82 Å². The molecule has 3 aromatic rings. The van der Waals surface area contributed by atoms with E-state index in [1.165, 1.54) is 7.11 Å². The Labute approximate surface area is 152 Å². The minimum absolute atomic E-state index is 0.359. The van der Waals surface area contributed by atoms with E-state index in [0.717, 1.165) is 5.56 Å². The van der Waals surface area contributed by atoms with Crippen LogP contribution in [0.5, 0.6) is 17.2 Å². The van der Waals surface area contributed by atoms with Crippen molar-refractivity contribution in [1.82, 2.24) is 0 Å². The predicted octanol–water partition coefficient (Wildman–Crippen LogP) is 5.48. The minimum Gasteiger partial charge on any atom is -0.489 e. The number of rotatable bonds is 8. The fraction of sp³-hybridized carbons (Fsp3) is 0.100. The molecule has 0 radical (unpaired) electrons. The van der Waals surface area contributed by atoms with Crippen LogP contribution in [0.1, 0.15) is 5.56 Å². The Kier molecular flexibility index (Phi) is 5.95. The second-order valence-corrected chi connectivity index (χ2v) is 7.00. The molecule has 0 amide bonds. The Morgan fingerprint density at radius 2 is 1.19 bits per heavy atom. The van der Waals surface area contributed by atoms with Crippen molar-refractivity contribution >= 4 is 7.82 Å². The quantitative estimate of drug-likeness (QED) is 0.492. The van der Waals surface area contributed by atoms with Gasteiger partial charge < -0.3 is 13.8 Å². The first-order valence-corrected chi connectivity index (χ1v) is 9.50. The van der Waals surface area contributed by atoms with Crippen LogP contribution in [-0.4, -0.2) is 7.11 Å². The van der Waals surface area contributed by atoms with Crippen molar-refractivity contribution in [2.75, 3.05) is 7.11 Å². The molecular formula is C20H19O5P. The van der Waals surface area contributed by atoms with Crippen LogP contribution >= 0.6 is 7.82 Å². The largest absolute Gasteiger partial charge is 0.587 e. The highest BCUT2D eigenvalue weighted by Crippen LogP contribution is 2.48. The molecule has 0 fully saturated rings. The van der Waals surface area contributed by atoms with Gasteiger partial charge in [0.05, 0.1) is 0 Å². The van der Waals surface area contributed by atoms with Crippen LogP contribution in [0.4, 0.5) is 0 Å². The molecule has 0 aromatic heterocycles. The highest BCUT2D eigenvalue weighted by atomic mass is 31.2. The van der Waals surface area contributed by atoms with Gasteiger partial charge in [0.15, 0.2) is 0 Å². The summed E-state index contributed by atoms with van der Waals surface area (Å²) in [5.74, 6) is 1.44. The zero-order chi connectivity index (χ0) is 18.2. The lowest BCUT2D eigenvalue weighted by molar-refractivity contribution is 0.249. The van der Waals surface area contributed by atoms with Gasteiger partial charge in [0.25, 0.3) is 0 Å². The third-order valence-corrected chi connectivity index (χ3v) is 4.79. The maximum Gasteiger partial charge on any atom is 0.587 e. The van der Waals surface area contributed by atoms with E-state index in [-0.39, 0.29) is 0 Å². The van der Waals surface area contributed by atoms with E-state index in [0.29, 0.717) is 23.9 Å². The number of hydrogen-bond acceptors (Lipinski definition) is 5. The van der Waals surface area contributed by atoms with E-state index < -0.39 is 7.82 Å². The van der Waals surface area contributed by atoms with Crippen LogP contribution in [0.3, 0.4) is 0 Å². The molecule has 3 rings (SSSR count). The normalized spacial score (nSPS) is 12.8. The summed E-state index contributed by atoms with van der Waals surface area (Å²) in [4.78, 5) is 0. The van der Waals surface area contributed by atoms with Crippen molar-refractivity contribution in [2.45, 2.75) is 6.61 Å². The molecule has 134 valence electrons. The summed E-state index contributed by atoms with van der Waals surface area (Å²) >= 11 is 0. The summed E-state index contributed by atoms with van der Waals surface area (Å²) in [5, 5.41) is 0. The fourth-order valence-corrected chi connectivity index (χ4v) is 3.12. The van der Waals surface area contributed by atoms with Gasteiger partial charge in [0, 0.05) is 7.11 Å². The smallest absolute Gasteiger partial charge is 0.489 e. The summed E-state index contributed by atoms with van der Waals surface area (Å²) in [6.07, 6.45) is 0. The summed E-state index contributed by atoms with van der Waals surface area (Å²) in [7, 11) is -2.48. The van der Waals surface area contributed by atoms with Crippen molar-refractivity contribution in [3.05, 3.63) is 90.5 Å². The van der Waals surface area contributed by atoms with Crippen molar-refractivity contribution in [2.24, 2.45) is 0 Å². The average Bonchev–Trinajstić information content (AvgIpc) is 2.69. The summed E-state index contributed by atoms with van der Waals surface area (Å²) in [6.45, 7) is 0.467. The third-order valence-electron chi connectivity index (χ3n) is 3.47. The minimum atomic E-state index is -3.76. The number of phosphoric acid groups is 1. The first-order valence-electron chi connectivity index (χ1n) is 8.04. The second-order valence-electron chi connectivity index (χ2n) is 5.37. The summed E-state index contributed by atoms with van der Waals surface area (Å²) < 4.78 is 34.1. The highest BCUT2D eigenvalue weighted by molar-refractivity contribution is 7.49. The molecule has 0 N–H and O–H groups in total. The van der Waals surface area contributed by atoms with E-state index >= 15 is 0 Å². The Hall–Kier alpha value is -2.75. The predicted molar refractivity (Wildman–Crippen MR) is 99.5 cm³/mol. The first-order chi connectivity index (χ1) is 12.7. The topological polar surface area (TPSA) is 54.0 Å². The maximum atomic E-state index is 12.6. The molecule has 1 atom stereocenters. The van der Waals surface area contributed by atoms with Gasteiger partial charge in [-0.15, -0.1) is 0 Å². The van der Waals surface area contributed by atoms with Gasteiger partial charge in [-0.05, 0) is 42.0 Å². The number of ether oxygens (including phenoxy) is 1. The lowest BCUT2D eigenvalue weighted by atomic mass is 10.2. The molecule has 0 aliphatic rings. The molecule has 0 aliphatic heterocycles. The van der Waals surface area contributed by atoms with E-state index in [1.54, 1.807) is 48.5 Å². The fourth-order valence-electron chi connectivity index (χ4n) is 2.17. The molecule has 0 saturated carbocycles. The Morgan fingerprint density at radius 3 is 1.77 bits per heavy atom. The second kappa shape index (κ2) is 8.56. The van der Waals surface area contributed by atoms with Crippen LogP contribution in [0, 0.1) is 0 Å². The van der Waals surface area contributed by atoms with Crippen LogP contribution in [-0.2, 0) is 15.7 Å². The zero-order valence-electron chi connectivity index (χ0n) is 14.3. The van der Waals surface area contributed by atoms with Crippen LogP contribution in [0.15, 0.2) is 84.9 Å². The molecule has 0 saturated heterocycles. The lowest BCUT2D eigenvalue weighted by Crippen LogP contribution is -2.02. The molecular weight excluding hydrogens is 351 g/mol. The Bertz CT molecular complexity index is 850. The Morgan fingerprint density at radius 1 is 0.692 bits per heavy atom. The highest BCUT2D eigenvalue weighted by Gasteiger charge is 2.28. The van der Waals surface area contributed by atoms with Gasteiger partial charge in [-0.1, -0.05) is 48.5 Å². The van der Waals surface area contributed by atoms with Crippen molar-refractivity contribution in [1.29, 1.82) is 0 Å². The number of hydrogen-bond donors (Lipinski definition) is 0. The van der Waals surface area contributed by atoms with Crippen molar-refractivity contribution < 1.29 is 22.9 Å². The maximum absolute atomic E-state index is 12.6. The van der Waals surface area contributed by atoms with Gasteiger partial charge in [-0.2, -0.15) is 0 Å². The molecule has 6 heteroatoms. The zero-order valence-corrected chi connectivity index (χ0v) is 15.2. The number of para-hydroxylation sites is 1. The van der Waals surface area contributed by atoms with E-state index in [4.69, 9.17) is 18.3 Å². The van der Waals surface area contributed by atoms with E-state index in [2.05, 4.69) is 0 Å². The van der Waals surface area contributed by atoms with Crippen molar-refractivity contribution in [3.8, 4) is 17.2 Å². The first kappa shape index (κ1) is 18.1. The van der Waals surface area contributed by atoms with E-state index in [9.17, 15) is 4.57 Å².